The van der Waals surface area contributed by atoms with Crippen LogP contribution >= 0.6 is 11.6 Å². The number of nitrogens with zero attached hydrogens (tertiary/aromatic N) is 2. The quantitative estimate of drug-likeness (QED) is 0.893. The zero-order chi connectivity index (χ0) is 11.5. The molecule has 2 aromatic rings. The Kier molecular flexibility index (Phi) is 3.10. The molecular weight excluding hydrogens is 229 g/mol. The molecule has 0 aliphatic heterocycles. The van der Waals surface area contributed by atoms with Crippen LogP contribution in [0.15, 0.2) is 30.5 Å². The maximum atomic E-state index is 13.4. The molecule has 0 aliphatic carbocycles. The largest absolute Gasteiger partial charge is 0.364 e. The lowest BCUT2D eigenvalue weighted by Crippen LogP contribution is -2.03. The van der Waals surface area contributed by atoms with Crippen molar-refractivity contribution in [2.24, 2.45) is 7.05 Å². The van der Waals surface area contributed by atoms with E-state index in [1.807, 2.05) is 19.3 Å². The normalized spacial score (nSPS) is 10.4. The highest BCUT2D eigenvalue weighted by Gasteiger charge is 2.06. The Labute approximate surface area is 97.8 Å². The molecule has 1 aromatic heterocycles. The lowest BCUT2D eigenvalue weighted by atomic mass is 10.2. The van der Waals surface area contributed by atoms with Crippen molar-refractivity contribution in [2.75, 3.05) is 5.32 Å². The third kappa shape index (κ3) is 2.33. The molecule has 16 heavy (non-hydrogen) atoms. The number of aromatic nitrogens is 2. The van der Waals surface area contributed by atoms with E-state index < -0.39 is 0 Å². The second kappa shape index (κ2) is 4.53. The number of hydrogen-bond donors (Lipinski definition) is 1. The van der Waals surface area contributed by atoms with Gasteiger partial charge in [0.2, 0.25) is 0 Å². The van der Waals surface area contributed by atoms with Crippen LogP contribution in [0.3, 0.4) is 0 Å². The predicted molar refractivity (Wildman–Crippen MR) is 61.9 cm³/mol. The van der Waals surface area contributed by atoms with Gasteiger partial charge < -0.3 is 5.32 Å². The fourth-order valence-electron chi connectivity index (χ4n) is 1.39. The monoisotopic (exact) mass is 239 g/mol. The summed E-state index contributed by atoms with van der Waals surface area (Å²) in [5, 5.41) is 7.55. The molecule has 0 atom stereocenters. The molecule has 0 amide bonds. The topological polar surface area (TPSA) is 29.9 Å². The number of halogens is 2. The first-order chi connectivity index (χ1) is 7.66. The molecule has 2 rings (SSSR count). The van der Waals surface area contributed by atoms with Gasteiger partial charge in [-0.05, 0) is 12.1 Å². The summed E-state index contributed by atoms with van der Waals surface area (Å²) in [5.74, 6) is 0.387. The zero-order valence-electron chi connectivity index (χ0n) is 8.74. The van der Waals surface area contributed by atoms with Gasteiger partial charge in [-0.15, -0.1) is 0 Å². The minimum Gasteiger partial charge on any atom is -0.364 e. The predicted octanol–water partition coefficient (Wildman–Crippen LogP) is 2.82. The van der Waals surface area contributed by atoms with Crippen molar-refractivity contribution in [3.05, 3.63) is 46.9 Å². The molecule has 5 heteroatoms. The Hall–Kier alpha value is -1.55. The molecule has 0 bridgehead atoms. The average Bonchev–Trinajstić information content (AvgIpc) is 2.63. The molecule has 0 saturated heterocycles. The second-order valence-electron chi connectivity index (χ2n) is 3.43. The van der Waals surface area contributed by atoms with Crippen molar-refractivity contribution in [3.63, 3.8) is 0 Å². The van der Waals surface area contributed by atoms with Crippen LogP contribution in [0.4, 0.5) is 10.2 Å². The third-order valence-electron chi connectivity index (χ3n) is 2.22. The van der Waals surface area contributed by atoms with Gasteiger partial charge in [-0.1, -0.05) is 17.7 Å². The average molecular weight is 240 g/mol. The summed E-state index contributed by atoms with van der Waals surface area (Å²) in [7, 11) is 1.82. The van der Waals surface area contributed by atoms with E-state index in [2.05, 4.69) is 10.4 Å². The summed E-state index contributed by atoms with van der Waals surface area (Å²) in [6.07, 6.45) is 1.81. The van der Waals surface area contributed by atoms with Gasteiger partial charge in [0.15, 0.2) is 0 Å². The smallest absolute Gasteiger partial charge is 0.148 e. The van der Waals surface area contributed by atoms with Gasteiger partial charge in [-0.3, -0.25) is 4.68 Å². The van der Waals surface area contributed by atoms with Crippen LogP contribution in [-0.4, -0.2) is 9.78 Å². The van der Waals surface area contributed by atoms with Gasteiger partial charge in [0.05, 0.1) is 0 Å². The summed E-state index contributed by atoms with van der Waals surface area (Å²) in [6.45, 7) is 0.322. The van der Waals surface area contributed by atoms with Gasteiger partial charge in [0.25, 0.3) is 0 Å². The molecule has 84 valence electrons. The Bertz CT molecular complexity index is 475. The van der Waals surface area contributed by atoms with Gasteiger partial charge >= 0.3 is 0 Å². The van der Waals surface area contributed by atoms with E-state index in [1.165, 1.54) is 6.07 Å². The van der Waals surface area contributed by atoms with E-state index in [0.717, 1.165) is 0 Å². The Morgan fingerprint density at radius 3 is 2.88 bits per heavy atom. The van der Waals surface area contributed by atoms with E-state index in [-0.39, 0.29) is 5.82 Å². The van der Waals surface area contributed by atoms with Crippen LogP contribution in [0.25, 0.3) is 0 Å². The third-order valence-corrected chi connectivity index (χ3v) is 2.58. The highest BCUT2D eigenvalue weighted by atomic mass is 35.5. The molecule has 0 spiro atoms. The number of benzene rings is 1. The first kappa shape index (κ1) is 11.0. The number of anilines is 1. The number of nitrogens with one attached hydrogen (secondary N) is 1. The van der Waals surface area contributed by atoms with Crippen molar-refractivity contribution in [3.8, 4) is 0 Å². The minimum absolute atomic E-state index is 0.309. The van der Waals surface area contributed by atoms with Crippen LogP contribution in [0.1, 0.15) is 5.56 Å². The zero-order valence-corrected chi connectivity index (χ0v) is 9.50. The molecule has 1 N–H and O–H groups in total. The van der Waals surface area contributed by atoms with E-state index >= 15 is 0 Å². The number of aryl methyl sites for hydroxylation is 1. The summed E-state index contributed by atoms with van der Waals surface area (Å²) in [6, 6.07) is 6.46. The van der Waals surface area contributed by atoms with Gasteiger partial charge in [0.1, 0.15) is 11.6 Å². The minimum atomic E-state index is -0.309. The standard InChI is InChI=1S/C11H11ClFN3/c1-16-6-5-11(15-16)14-7-8-9(12)3-2-4-10(8)13/h2-6H,7H2,1H3,(H,14,15). The van der Waals surface area contributed by atoms with Crippen molar-refractivity contribution < 1.29 is 4.39 Å². The van der Waals surface area contributed by atoms with E-state index in [0.29, 0.717) is 22.9 Å². The van der Waals surface area contributed by atoms with E-state index in [1.54, 1.807) is 16.8 Å². The van der Waals surface area contributed by atoms with Crippen molar-refractivity contribution >= 4 is 17.4 Å². The van der Waals surface area contributed by atoms with Crippen molar-refractivity contribution in [1.82, 2.24) is 9.78 Å². The lowest BCUT2D eigenvalue weighted by molar-refractivity contribution is 0.613. The Balaban J connectivity index is 2.10. The van der Waals surface area contributed by atoms with Gasteiger partial charge in [0, 0.05) is 36.4 Å². The molecule has 0 saturated carbocycles. The molecule has 3 nitrogen and oxygen atoms in total. The van der Waals surface area contributed by atoms with Crippen LogP contribution in [0.5, 0.6) is 0 Å². The second-order valence-corrected chi connectivity index (χ2v) is 3.84. The van der Waals surface area contributed by atoms with Crippen LogP contribution in [0.2, 0.25) is 5.02 Å². The first-order valence-corrected chi connectivity index (χ1v) is 5.21. The van der Waals surface area contributed by atoms with Gasteiger partial charge in [-0.25, -0.2) is 4.39 Å². The molecule has 0 radical (unpaired) electrons. The van der Waals surface area contributed by atoms with Gasteiger partial charge in [-0.2, -0.15) is 5.10 Å². The summed E-state index contributed by atoms with van der Waals surface area (Å²) in [5.41, 5.74) is 0.454. The highest BCUT2D eigenvalue weighted by Crippen LogP contribution is 2.19. The fraction of sp³-hybridized carbons (Fsp3) is 0.182. The molecule has 1 aromatic carbocycles. The molecule has 0 fully saturated rings. The maximum absolute atomic E-state index is 13.4. The number of hydrogen-bond acceptors (Lipinski definition) is 2. The van der Waals surface area contributed by atoms with E-state index in [4.69, 9.17) is 11.6 Å². The highest BCUT2D eigenvalue weighted by molar-refractivity contribution is 6.31. The Morgan fingerprint density at radius 1 is 1.44 bits per heavy atom. The summed E-state index contributed by atoms with van der Waals surface area (Å²) >= 11 is 5.90. The van der Waals surface area contributed by atoms with Crippen molar-refractivity contribution in [1.29, 1.82) is 0 Å². The fourth-order valence-corrected chi connectivity index (χ4v) is 1.62. The molecule has 1 heterocycles. The maximum Gasteiger partial charge on any atom is 0.148 e. The van der Waals surface area contributed by atoms with E-state index in [9.17, 15) is 4.39 Å². The summed E-state index contributed by atoms with van der Waals surface area (Å²) < 4.78 is 15.1. The number of rotatable bonds is 3. The molecule has 0 aliphatic rings. The van der Waals surface area contributed by atoms with Crippen molar-refractivity contribution in [2.45, 2.75) is 6.54 Å². The van der Waals surface area contributed by atoms with Crippen LogP contribution in [0, 0.1) is 5.82 Å². The first-order valence-electron chi connectivity index (χ1n) is 4.83. The van der Waals surface area contributed by atoms with Crippen LogP contribution < -0.4 is 5.32 Å². The Morgan fingerprint density at radius 2 is 2.25 bits per heavy atom. The van der Waals surface area contributed by atoms with Crippen LogP contribution in [-0.2, 0) is 13.6 Å². The molecular formula is C11H11ClFN3. The molecule has 0 unspecified atom stereocenters. The SMILES string of the molecule is Cn1ccc(NCc2c(F)cccc2Cl)n1. The summed E-state index contributed by atoms with van der Waals surface area (Å²) in [4.78, 5) is 0. The lowest BCUT2D eigenvalue weighted by Gasteiger charge is -2.06.